The summed E-state index contributed by atoms with van der Waals surface area (Å²) in [5.74, 6) is -0.680. The molecule has 0 N–H and O–H groups in total. The minimum atomic E-state index is -0.341. The largest absolute Gasteiger partial charge is 0.462 e. The summed E-state index contributed by atoms with van der Waals surface area (Å²) < 4.78 is 10.6. The normalized spacial score (nSPS) is 11.3. The first kappa shape index (κ1) is 24.2. The van der Waals surface area contributed by atoms with Crippen molar-refractivity contribution in [3.05, 3.63) is 35.4 Å². The van der Waals surface area contributed by atoms with Crippen molar-refractivity contribution in [2.45, 2.75) is 85.5 Å². The molecule has 0 amide bonds. The molecule has 158 valence electrons. The number of carbonyl (C=O) groups excluding carboxylic acids is 2. The third-order valence-corrected chi connectivity index (χ3v) is 4.64. The molecule has 0 spiro atoms. The summed E-state index contributed by atoms with van der Waals surface area (Å²) in [4.78, 5) is 24.1. The van der Waals surface area contributed by atoms with Crippen molar-refractivity contribution < 1.29 is 19.1 Å². The minimum absolute atomic E-state index is 0.339. The fraction of sp³-hybridized carbons (Fsp3) is 0.667. The molecule has 0 fully saturated rings. The Labute approximate surface area is 171 Å². The van der Waals surface area contributed by atoms with E-state index in [9.17, 15) is 9.59 Å². The average molecular weight is 391 g/mol. The van der Waals surface area contributed by atoms with Crippen molar-refractivity contribution >= 4 is 11.9 Å². The van der Waals surface area contributed by atoms with Gasteiger partial charge in [0.2, 0.25) is 0 Å². The van der Waals surface area contributed by atoms with Gasteiger partial charge in [0, 0.05) is 0 Å². The predicted molar refractivity (Wildman–Crippen MR) is 114 cm³/mol. The third-order valence-electron chi connectivity index (χ3n) is 4.64. The van der Waals surface area contributed by atoms with Gasteiger partial charge in [-0.1, -0.05) is 66.2 Å². The molecule has 28 heavy (non-hydrogen) atoms. The number of benzene rings is 1. The Kier molecular flexibility index (Phi) is 11.5. The van der Waals surface area contributed by atoms with Crippen LogP contribution in [0, 0.1) is 5.41 Å². The van der Waals surface area contributed by atoms with E-state index in [1.807, 2.05) is 0 Å². The molecule has 0 aliphatic heterocycles. The van der Waals surface area contributed by atoms with Gasteiger partial charge in [-0.3, -0.25) is 0 Å². The summed E-state index contributed by atoms with van der Waals surface area (Å²) in [6, 6.07) is 6.50. The number of unbranched alkanes of at least 4 members (excludes halogenated alkanes) is 6. The Hall–Kier alpha value is -1.84. The van der Waals surface area contributed by atoms with Gasteiger partial charge >= 0.3 is 11.9 Å². The van der Waals surface area contributed by atoms with E-state index < -0.39 is 0 Å². The molecule has 1 aromatic rings. The maximum atomic E-state index is 12.1. The summed E-state index contributed by atoms with van der Waals surface area (Å²) in [5, 5.41) is 0. The van der Waals surface area contributed by atoms with Crippen LogP contribution in [0.1, 0.15) is 106 Å². The summed E-state index contributed by atoms with van der Waals surface area (Å²) in [6.07, 6.45) is 9.86. The quantitative estimate of drug-likeness (QED) is 0.282. The summed E-state index contributed by atoms with van der Waals surface area (Å²) in [5.41, 5.74) is 1.28. The van der Waals surface area contributed by atoms with Crippen LogP contribution in [-0.4, -0.2) is 25.2 Å². The van der Waals surface area contributed by atoms with Gasteiger partial charge in [0.1, 0.15) is 0 Å². The second kappa shape index (κ2) is 13.4. The molecule has 0 aromatic heterocycles. The highest BCUT2D eigenvalue weighted by atomic mass is 16.5. The third kappa shape index (κ3) is 11.1. The molecule has 0 saturated heterocycles. The maximum absolute atomic E-state index is 12.1. The fourth-order valence-corrected chi connectivity index (χ4v) is 2.88. The van der Waals surface area contributed by atoms with Gasteiger partial charge in [-0.2, -0.15) is 0 Å². The minimum Gasteiger partial charge on any atom is -0.462 e. The van der Waals surface area contributed by atoms with Crippen LogP contribution in [0.25, 0.3) is 0 Å². The highest BCUT2D eigenvalue weighted by molar-refractivity contribution is 5.93. The van der Waals surface area contributed by atoms with Crippen molar-refractivity contribution in [2.24, 2.45) is 5.41 Å². The average Bonchev–Trinajstić information content (AvgIpc) is 2.66. The molecule has 0 aliphatic rings. The van der Waals surface area contributed by atoms with Gasteiger partial charge in [-0.25, -0.2) is 9.59 Å². The van der Waals surface area contributed by atoms with Gasteiger partial charge in [0.15, 0.2) is 0 Å². The number of hydrogen-bond donors (Lipinski definition) is 0. The van der Waals surface area contributed by atoms with E-state index in [0.717, 1.165) is 32.1 Å². The first-order valence-corrected chi connectivity index (χ1v) is 10.8. The highest BCUT2D eigenvalue weighted by Crippen LogP contribution is 2.22. The zero-order valence-corrected chi connectivity index (χ0v) is 18.2. The van der Waals surface area contributed by atoms with E-state index in [4.69, 9.17) is 9.47 Å². The molecule has 4 nitrogen and oxygen atoms in total. The Morgan fingerprint density at radius 1 is 0.714 bits per heavy atom. The van der Waals surface area contributed by atoms with Crippen LogP contribution >= 0.6 is 0 Å². The molecule has 1 rings (SSSR count). The van der Waals surface area contributed by atoms with E-state index in [0.29, 0.717) is 29.8 Å². The number of esters is 2. The first-order chi connectivity index (χ1) is 13.3. The van der Waals surface area contributed by atoms with Crippen LogP contribution in [0.2, 0.25) is 0 Å². The topological polar surface area (TPSA) is 52.6 Å². The molecule has 0 aliphatic carbocycles. The van der Waals surface area contributed by atoms with E-state index in [1.54, 1.807) is 24.3 Å². The monoisotopic (exact) mass is 390 g/mol. The highest BCUT2D eigenvalue weighted by Gasteiger charge is 2.12. The Morgan fingerprint density at radius 3 is 1.57 bits per heavy atom. The predicted octanol–water partition coefficient (Wildman–Crippen LogP) is 6.58. The van der Waals surface area contributed by atoms with Gasteiger partial charge in [0.25, 0.3) is 0 Å². The van der Waals surface area contributed by atoms with E-state index in [2.05, 4.69) is 27.7 Å². The lowest BCUT2D eigenvalue weighted by molar-refractivity contribution is 0.0483. The molecule has 0 heterocycles. The summed E-state index contributed by atoms with van der Waals surface area (Å²) in [6.45, 7) is 9.76. The smallest absolute Gasteiger partial charge is 0.338 e. The van der Waals surface area contributed by atoms with Crippen LogP contribution in [0.3, 0.4) is 0 Å². The first-order valence-electron chi connectivity index (χ1n) is 10.8. The van der Waals surface area contributed by atoms with Crippen LogP contribution < -0.4 is 0 Å². The SMILES string of the molecule is CCCCCCCOC(=O)c1ccc(C(=O)OCCCCCC(C)(C)C)cc1. The standard InChI is InChI=1S/C24H38O4/c1-5-6-7-8-11-18-27-22(25)20-13-15-21(16-14-20)23(26)28-19-12-9-10-17-24(2,3)4/h13-16H,5-12,17-19H2,1-4H3. The molecule has 0 saturated carbocycles. The Morgan fingerprint density at radius 2 is 1.14 bits per heavy atom. The Balaban J connectivity index is 2.25. The maximum Gasteiger partial charge on any atom is 0.338 e. The molecule has 0 atom stereocenters. The molecular formula is C24H38O4. The van der Waals surface area contributed by atoms with Crippen molar-refractivity contribution in [3.8, 4) is 0 Å². The summed E-state index contributed by atoms with van der Waals surface area (Å²) >= 11 is 0. The van der Waals surface area contributed by atoms with Gasteiger partial charge in [0.05, 0.1) is 24.3 Å². The van der Waals surface area contributed by atoms with Gasteiger partial charge in [-0.15, -0.1) is 0 Å². The van der Waals surface area contributed by atoms with Crippen molar-refractivity contribution in [3.63, 3.8) is 0 Å². The lowest BCUT2D eigenvalue weighted by Crippen LogP contribution is -2.09. The van der Waals surface area contributed by atoms with Crippen LogP contribution in [0.4, 0.5) is 0 Å². The lowest BCUT2D eigenvalue weighted by atomic mass is 9.89. The second-order valence-corrected chi connectivity index (χ2v) is 8.63. The van der Waals surface area contributed by atoms with Crippen LogP contribution in [0.15, 0.2) is 24.3 Å². The van der Waals surface area contributed by atoms with Crippen LogP contribution in [0.5, 0.6) is 0 Å². The van der Waals surface area contributed by atoms with E-state index >= 15 is 0 Å². The molecule has 0 radical (unpaired) electrons. The fourth-order valence-electron chi connectivity index (χ4n) is 2.88. The van der Waals surface area contributed by atoms with E-state index in [-0.39, 0.29) is 11.9 Å². The summed E-state index contributed by atoms with van der Waals surface area (Å²) in [7, 11) is 0. The second-order valence-electron chi connectivity index (χ2n) is 8.63. The van der Waals surface area contributed by atoms with Crippen LogP contribution in [-0.2, 0) is 9.47 Å². The van der Waals surface area contributed by atoms with Crippen molar-refractivity contribution in [1.82, 2.24) is 0 Å². The number of rotatable bonds is 13. The van der Waals surface area contributed by atoms with Crippen molar-refractivity contribution in [2.75, 3.05) is 13.2 Å². The number of hydrogen-bond acceptors (Lipinski definition) is 4. The van der Waals surface area contributed by atoms with Gasteiger partial charge < -0.3 is 9.47 Å². The van der Waals surface area contributed by atoms with Crippen molar-refractivity contribution in [1.29, 1.82) is 0 Å². The zero-order valence-electron chi connectivity index (χ0n) is 18.2. The molecule has 0 unspecified atom stereocenters. The molecule has 0 bridgehead atoms. The molecule has 1 aromatic carbocycles. The number of carbonyl (C=O) groups is 2. The number of ether oxygens (including phenoxy) is 2. The zero-order chi connectivity index (χ0) is 20.8. The lowest BCUT2D eigenvalue weighted by Gasteiger charge is -2.17. The van der Waals surface area contributed by atoms with E-state index in [1.165, 1.54) is 25.7 Å². The molecule has 4 heteroatoms. The van der Waals surface area contributed by atoms with Gasteiger partial charge in [-0.05, 0) is 48.9 Å². The Bertz CT molecular complexity index is 569. The molecular weight excluding hydrogens is 352 g/mol.